The van der Waals surface area contributed by atoms with Gasteiger partial charge in [-0.2, -0.15) is 0 Å². The Morgan fingerprint density at radius 2 is 1.50 bits per heavy atom. The first-order valence-electron chi connectivity index (χ1n) is 9.07. The van der Waals surface area contributed by atoms with Crippen molar-refractivity contribution in [3.05, 3.63) is 114 Å². The molecule has 0 aliphatic carbocycles. The Labute approximate surface area is 174 Å². The Balaban J connectivity index is 1.62. The maximum atomic E-state index is 5.30. The number of rotatable bonds is 7. The lowest BCUT2D eigenvalue weighted by molar-refractivity contribution is 0.181. The van der Waals surface area contributed by atoms with Crippen LogP contribution in [-0.4, -0.2) is 0 Å². The van der Waals surface area contributed by atoms with E-state index in [0.717, 1.165) is 22.8 Å². The van der Waals surface area contributed by atoms with E-state index in [1.807, 2.05) is 41.7 Å². The van der Waals surface area contributed by atoms with Gasteiger partial charge in [-0.3, -0.25) is 0 Å². The van der Waals surface area contributed by atoms with Crippen molar-refractivity contribution in [2.75, 3.05) is 0 Å². The van der Waals surface area contributed by atoms with Gasteiger partial charge in [0.15, 0.2) is 0 Å². The van der Waals surface area contributed by atoms with Crippen LogP contribution >= 0.6 is 23.5 Å². The van der Waals surface area contributed by atoms with Gasteiger partial charge in [-0.05, 0) is 29.3 Å². The molecule has 0 unspecified atom stereocenters. The molecule has 0 saturated carbocycles. The Bertz CT molecular complexity index is 968. The fourth-order valence-electron chi connectivity index (χ4n) is 2.84. The summed E-state index contributed by atoms with van der Waals surface area (Å²) in [6.45, 7) is 0. The highest BCUT2D eigenvalue weighted by Crippen LogP contribution is 2.39. The molecule has 4 rings (SSSR count). The van der Waals surface area contributed by atoms with E-state index >= 15 is 0 Å². The molecule has 0 saturated heterocycles. The summed E-state index contributed by atoms with van der Waals surface area (Å²) in [6.07, 6.45) is 5.59. The van der Waals surface area contributed by atoms with Gasteiger partial charge >= 0.3 is 0 Å². The zero-order valence-electron chi connectivity index (χ0n) is 15.3. The number of allylic oxidation sites excluding steroid dienone is 2. The van der Waals surface area contributed by atoms with E-state index in [1.165, 1.54) is 20.9 Å². The predicted octanol–water partition coefficient (Wildman–Crippen LogP) is 6.46. The van der Waals surface area contributed by atoms with Crippen LogP contribution in [0.15, 0.2) is 101 Å². The van der Waals surface area contributed by atoms with Crippen LogP contribution in [0, 0.1) is 6.07 Å². The molecule has 3 aromatic carbocycles. The molecule has 139 valence electrons. The van der Waals surface area contributed by atoms with Crippen LogP contribution in [-0.2, 0) is 16.3 Å². The Hall–Kier alpha value is -2.56. The summed E-state index contributed by atoms with van der Waals surface area (Å²) < 4.78 is 0. The lowest BCUT2D eigenvalue weighted by Gasteiger charge is -2.18. The van der Waals surface area contributed by atoms with Crippen molar-refractivity contribution in [2.24, 2.45) is 0 Å². The third-order valence-electron chi connectivity index (χ3n) is 4.24. The van der Waals surface area contributed by atoms with Crippen LogP contribution in [0.4, 0.5) is 0 Å². The van der Waals surface area contributed by atoms with Crippen molar-refractivity contribution in [1.82, 2.24) is 5.48 Å². The van der Waals surface area contributed by atoms with Crippen LogP contribution in [0.25, 0.3) is 5.70 Å². The second-order valence-corrected chi connectivity index (χ2v) is 8.20. The number of benzene rings is 3. The quantitative estimate of drug-likeness (QED) is 0.458. The van der Waals surface area contributed by atoms with Crippen molar-refractivity contribution in [3.63, 3.8) is 0 Å². The molecular formula is C24H20NOS2. The van der Waals surface area contributed by atoms with Gasteiger partial charge in [0.25, 0.3) is 0 Å². The van der Waals surface area contributed by atoms with E-state index in [-0.39, 0.29) is 0 Å². The molecule has 3 aromatic rings. The second-order valence-electron chi connectivity index (χ2n) is 6.23. The molecule has 2 nitrogen and oxygen atoms in total. The minimum atomic E-state index is 0.911. The molecule has 1 heterocycles. The topological polar surface area (TPSA) is 21.3 Å². The largest absolute Gasteiger partial charge is 0.390 e. The molecule has 4 heteroatoms. The highest BCUT2D eigenvalue weighted by atomic mass is 32.2. The van der Waals surface area contributed by atoms with Gasteiger partial charge < -0.3 is 4.84 Å². The molecule has 0 fully saturated rings. The Morgan fingerprint density at radius 1 is 0.821 bits per heavy atom. The Morgan fingerprint density at radius 3 is 2.14 bits per heavy atom. The fraction of sp³-hybridized carbons (Fsp3) is 0.0833. The summed E-state index contributed by atoms with van der Waals surface area (Å²) in [4.78, 5) is 7.69. The van der Waals surface area contributed by atoms with Gasteiger partial charge in [-0.1, -0.05) is 72.8 Å². The summed E-state index contributed by atoms with van der Waals surface area (Å²) in [6, 6.07) is 28.7. The first kappa shape index (κ1) is 18.8. The van der Waals surface area contributed by atoms with Crippen molar-refractivity contribution in [1.29, 1.82) is 0 Å². The molecule has 1 aliphatic heterocycles. The van der Waals surface area contributed by atoms with Crippen LogP contribution in [0.1, 0.15) is 16.7 Å². The van der Waals surface area contributed by atoms with Gasteiger partial charge in [0.05, 0.1) is 5.70 Å². The number of nitrogens with one attached hydrogen (secondary N) is 1. The van der Waals surface area contributed by atoms with Crippen LogP contribution < -0.4 is 5.48 Å². The van der Waals surface area contributed by atoms with E-state index < -0.39 is 0 Å². The molecule has 0 bridgehead atoms. The van der Waals surface area contributed by atoms with Crippen LogP contribution in [0.2, 0.25) is 0 Å². The van der Waals surface area contributed by atoms with Crippen molar-refractivity contribution >= 4 is 29.2 Å². The van der Waals surface area contributed by atoms with E-state index in [4.69, 9.17) is 4.84 Å². The summed E-state index contributed by atoms with van der Waals surface area (Å²) in [7, 11) is 0. The van der Waals surface area contributed by atoms with Crippen LogP contribution in [0.5, 0.6) is 0 Å². The molecule has 28 heavy (non-hydrogen) atoms. The van der Waals surface area contributed by atoms with Gasteiger partial charge in [0.2, 0.25) is 0 Å². The number of hydroxylamine groups is 1. The van der Waals surface area contributed by atoms with Gasteiger partial charge in [-0.25, -0.2) is 5.48 Å². The summed E-state index contributed by atoms with van der Waals surface area (Å²) in [5.41, 5.74) is 7.74. The molecule has 1 aliphatic rings. The molecule has 0 amide bonds. The van der Waals surface area contributed by atoms with E-state index in [0.29, 0.717) is 0 Å². The number of hydrogen-bond acceptors (Lipinski definition) is 4. The SMILES string of the molecule is [c]1ccc(C2=CC=CON2)c(SCc2ccccc2)c1SCc1ccccc1. The Kier molecular flexibility index (Phi) is 6.43. The monoisotopic (exact) mass is 402 g/mol. The zero-order chi connectivity index (χ0) is 19.0. The smallest absolute Gasteiger partial charge is 0.119 e. The average molecular weight is 403 g/mol. The average Bonchev–Trinajstić information content (AvgIpc) is 2.78. The van der Waals surface area contributed by atoms with Gasteiger partial charge in [0, 0.05) is 26.9 Å². The van der Waals surface area contributed by atoms with E-state index in [9.17, 15) is 0 Å². The highest BCUT2D eigenvalue weighted by molar-refractivity contribution is 8.01. The first-order chi connectivity index (χ1) is 13.9. The van der Waals surface area contributed by atoms with Crippen molar-refractivity contribution in [3.8, 4) is 0 Å². The molecule has 1 N–H and O–H groups in total. The normalized spacial score (nSPS) is 12.8. The van der Waals surface area contributed by atoms with Crippen molar-refractivity contribution in [2.45, 2.75) is 21.3 Å². The maximum absolute atomic E-state index is 5.30. The van der Waals surface area contributed by atoms with Gasteiger partial charge in [-0.15, -0.1) is 23.5 Å². The molecule has 0 spiro atoms. The van der Waals surface area contributed by atoms with Gasteiger partial charge in [0.1, 0.15) is 6.26 Å². The van der Waals surface area contributed by atoms with Crippen LogP contribution in [0.3, 0.4) is 0 Å². The number of thioether (sulfide) groups is 2. The number of hydrogen-bond donors (Lipinski definition) is 1. The molecular weight excluding hydrogens is 382 g/mol. The summed E-state index contributed by atoms with van der Waals surface area (Å²) >= 11 is 3.67. The van der Waals surface area contributed by atoms with E-state index in [1.54, 1.807) is 6.26 Å². The highest BCUT2D eigenvalue weighted by Gasteiger charge is 2.15. The van der Waals surface area contributed by atoms with Crippen molar-refractivity contribution < 1.29 is 4.84 Å². The maximum Gasteiger partial charge on any atom is 0.119 e. The third kappa shape index (κ3) is 4.83. The standard InChI is InChI=1S/C24H20NOS2/c1-3-9-19(10-4-1)17-27-23-15-7-13-21(22-14-8-16-26-25-22)24(23)28-18-20-11-5-2-6-12-20/h1-14,16,25H,17-18H2. The minimum Gasteiger partial charge on any atom is -0.390 e. The molecule has 1 radical (unpaired) electrons. The molecule has 0 aromatic heterocycles. The minimum absolute atomic E-state index is 0.911. The third-order valence-corrected chi connectivity index (χ3v) is 6.64. The zero-order valence-corrected chi connectivity index (χ0v) is 16.9. The second kappa shape index (κ2) is 9.58. The molecule has 0 atom stereocenters. The summed E-state index contributed by atoms with van der Waals surface area (Å²) in [5, 5.41) is 0. The predicted molar refractivity (Wildman–Crippen MR) is 119 cm³/mol. The van der Waals surface area contributed by atoms with E-state index in [2.05, 4.69) is 78.3 Å². The lowest BCUT2D eigenvalue weighted by atomic mass is 10.1. The summed E-state index contributed by atoms with van der Waals surface area (Å²) in [5.74, 6) is 1.83. The lowest BCUT2D eigenvalue weighted by Crippen LogP contribution is -2.12. The first-order valence-corrected chi connectivity index (χ1v) is 11.0. The fourth-order valence-corrected chi connectivity index (χ4v) is 5.11.